The van der Waals surface area contributed by atoms with Gasteiger partial charge in [-0.3, -0.25) is 13.6 Å². The number of ether oxygens (including phenoxy) is 2. The SMILES string of the molecule is CC(C)(C)OC(=O)NCC(C)(OP(=O)(OC(C)(C)C)OC(C)(C)C)c1ccc2c(C(F)(F)F)c(OC3CCC(C(C)(C)C)CC3)ccc2n1. The van der Waals surface area contributed by atoms with Crippen LogP contribution in [0.5, 0.6) is 5.75 Å². The number of alkyl carbamates (subject to hydrolysis) is 1. The molecule has 1 fully saturated rings. The zero-order valence-corrected chi connectivity index (χ0v) is 32.3. The average molecular weight is 717 g/mol. The topological polar surface area (TPSA) is 105 Å². The van der Waals surface area contributed by atoms with E-state index in [1.54, 1.807) is 62.3 Å². The number of halogens is 3. The number of fused-ring (bicyclic) bond motifs is 1. The van der Waals surface area contributed by atoms with Gasteiger partial charge in [0, 0.05) is 5.39 Å². The van der Waals surface area contributed by atoms with Gasteiger partial charge in [0.1, 0.15) is 22.5 Å². The predicted octanol–water partition coefficient (Wildman–Crippen LogP) is 10.7. The number of pyridine rings is 1. The van der Waals surface area contributed by atoms with E-state index < -0.39 is 48.1 Å². The maximum Gasteiger partial charge on any atom is 0.476 e. The Hall–Kier alpha value is -2.40. The van der Waals surface area contributed by atoms with Crippen LogP contribution in [0.15, 0.2) is 24.3 Å². The first-order valence-electron chi connectivity index (χ1n) is 16.9. The second-order valence-corrected chi connectivity index (χ2v) is 18.6. The molecule has 9 nitrogen and oxygen atoms in total. The van der Waals surface area contributed by atoms with E-state index in [9.17, 15) is 22.5 Å². The fourth-order valence-electron chi connectivity index (χ4n) is 5.79. The molecular weight excluding hydrogens is 660 g/mol. The van der Waals surface area contributed by atoms with Gasteiger partial charge in [-0.05, 0) is 124 Å². The van der Waals surface area contributed by atoms with Crippen molar-refractivity contribution in [3.63, 3.8) is 0 Å². The number of benzene rings is 1. The molecule has 1 unspecified atom stereocenters. The number of aromatic nitrogens is 1. The highest BCUT2D eigenvalue weighted by atomic mass is 31.2. The fraction of sp³-hybridized carbons (Fsp3) is 0.722. The van der Waals surface area contributed by atoms with E-state index in [0.717, 1.165) is 12.8 Å². The van der Waals surface area contributed by atoms with E-state index in [1.807, 2.05) is 0 Å². The van der Waals surface area contributed by atoms with Gasteiger partial charge in [0.2, 0.25) is 0 Å². The zero-order chi connectivity index (χ0) is 37.4. The molecule has 13 heteroatoms. The summed E-state index contributed by atoms with van der Waals surface area (Å²) < 4.78 is 87.7. The van der Waals surface area contributed by atoms with Crippen molar-refractivity contribution in [2.24, 2.45) is 11.3 Å². The lowest BCUT2D eigenvalue weighted by molar-refractivity contribution is -0.138. The minimum absolute atomic E-state index is 0.00372. The lowest BCUT2D eigenvalue weighted by Gasteiger charge is -2.37. The van der Waals surface area contributed by atoms with Gasteiger partial charge in [-0.15, -0.1) is 0 Å². The third-order valence-electron chi connectivity index (χ3n) is 7.90. The molecule has 278 valence electrons. The van der Waals surface area contributed by atoms with Crippen molar-refractivity contribution in [2.45, 2.75) is 150 Å². The van der Waals surface area contributed by atoms with Crippen LogP contribution in [-0.2, 0) is 34.7 Å². The number of carbonyl (C=O) groups is 1. The summed E-state index contributed by atoms with van der Waals surface area (Å²) in [6.07, 6.45) is -2.76. The number of hydrogen-bond acceptors (Lipinski definition) is 8. The normalized spacial score (nSPS) is 19.8. The number of nitrogens with zero attached hydrogens (tertiary/aromatic N) is 1. The number of alkyl halides is 3. The summed E-state index contributed by atoms with van der Waals surface area (Å²) in [5, 5.41) is 2.45. The molecular formula is C36H56F3N2O7P. The summed E-state index contributed by atoms with van der Waals surface area (Å²) in [6, 6.07) is 5.40. The molecule has 0 saturated heterocycles. The van der Waals surface area contributed by atoms with Crippen molar-refractivity contribution < 1.29 is 45.6 Å². The van der Waals surface area contributed by atoms with Gasteiger partial charge in [-0.1, -0.05) is 26.8 Å². The molecule has 1 aromatic heterocycles. The second-order valence-electron chi connectivity index (χ2n) is 17.2. The van der Waals surface area contributed by atoms with Gasteiger partial charge in [-0.25, -0.2) is 14.3 Å². The highest BCUT2D eigenvalue weighted by Crippen LogP contribution is 2.59. The van der Waals surface area contributed by atoms with Gasteiger partial charge in [-0.2, -0.15) is 13.2 Å². The van der Waals surface area contributed by atoms with Gasteiger partial charge in [0.15, 0.2) is 0 Å². The summed E-state index contributed by atoms with van der Waals surface area (Å²) in [5.41, 5.74) is -5.23. The number of phosphoric ester groups is 1. The Morgan fingerprint density at radius 3 is 1.82 bits per heavy atom. The predicted molar refractivity (Wildman–Crippen MR) is 185 cm³/mol. The van der Waals surface area contributed by atoms with Crippen LogP contribution in [0.25, 0.3) is 10.9 Å². The molecule has 1 amide bonds. The third kappa shape index (κ3) is 12.1. The molecule has 1 atom stereocenters. The molecule has 0 radical (unpaired) electrons. The minimum atomic E-state index is -4.74. The molecule has 1 N–H and O–H groups in total. The minimum Gasteiger partial charge on any atom is -0.490 e. The second kappa shape index (κ2) is 14.3. The van der Waals surface area contributed by atoms with Crippen LogP contribution in [-0.4, -0.2) is 40.5 Å². The van der Waals surface area contributed by atoms with E-state index in [2.05, 4.69) is 31.1 Å². The molecule has 1 aliphatic rings. The summed E-state index contributed by atoms with van der Waals surface area (Å²) in [6.45, 7) is 22.9. The Kier molecular flexibility index (Phi) is 12.0. The van der Waals surface area contributed by atoms with Crippen LogP contribution in [0.4, 0.5) is 18.0 Å². The van der Waals surface area contributed by atoms with E-state index in [-0.39, 0.29) is 40.4 Å². The van der Waals surface area contributed by atoms with Gasteiger partial charge in [0.05, 0.1) is 35.1 Å². The summed E-state index contributed by atoms with van der Waals surface area (Å²) in [7, 11) is -4.42. The highest BCUT2D eigenvalue weighted by molar-refractivity contribution is 7.48. The van der Waals surface area contributed by atoms with Crippen LogP contribution < -0.4 is 10.1 Å². The summed E-state index contributed by atoms with van der Waals surface area (Å²) in [4.78, 5) is 17.3. The summed E-state index contributed by atoms with van der Waals surface area (Å²) >= 11 is 0. The highest BCUT2D eigenvalue weighted by Gasteiger charge is 2.46. The van der Waals surface area contributed by atoms with Crippen LogP contribution in [0, 0.1) is 11.3 Å². The maximum absolute atomic E-state index is 14.7. The van der Waals surface area contributed by atoms with Crippen molar-refractivity contribution in [2.75, 3.05) is 6.54 Å². The molecule has 2 aromatic rings. The third-order valence-corrected chi connectivity index (χ3v) is 10.1. The van der Waals surface area contributed by atoms with Crippen molar-refractivity contribution in [1.29, 1.82) is 0 Å². The smallest absolute Gasteiger partial charge is 0.476 e. The molecule has 1 aliphatic carbocycles. The van der Waals surface area contributed by atoms with Gasteiger partial charge < -0.3 is 14.8 Å². The largest absolute Gasteiger partial charge is 0.490 e. The fourth-order valence-corrected chi connectivity index (χ4v) is 7.90. The number of carbonyl (C=O) groups excluding carboxylic acids is 1. The van der Waals surface area contributed by atoms with Crippen LogP contribution in [0.3, 0.4) is 0 Å². The number of phosphoric acid groups is 1. The molecule has 0 spiro atoms. The van der Waals surface area contributed by atoms with E-state index in [0.29, 0.717) is 18.8 Å². The van der Waals surface area contributed by atoms with Crippen LogP contribution >= 0.6 is 7.82 Å². The Bertz CT molecular complexity index is 1490. The maximum atomic E-state index is 14.7. The number of hydrogen-bond donors (Lipinski definition) is 1. The number of rotatable bonds is 9. The molecule has 1 saturated carbocycles. The lowest BCUT2D eigenvalue weighted by Crippen LogP contribution is -2.43. The molecule has 0 bridgehead atoms. The molecule has 1 aromatic carbocycles. The van der Waals surface area contributed by atoms with E-state index in [1.165, 1.54) is 31.2 Å². The van der Waals surface area contributed by atoms with Gasteiger partial charge >= 0.3 is 20.1 Å². The summed E-state index contributed by atoms with van der Waals surface area (Å²) in [5.74, 6) is 0.230. The first kappa shape index (κ1) is 41.0. The van der Waals surface area contributed by atoms with Crippen molar-refractivity contribution in [3.8, 4) is 5.75 Å². The quantitative estimate of drug-likeness (QED) is 0.256. The Morgan fingerprint density at radius 1 is 0.796 bits per heavy atom. The molecule has 0 aliphatic heterocycles. The molecule has 3 rings (SSSR count). The monoisotopic (exact) mass is 716 g/mol. The van der Waals surface area contributed by atoms with Crippen molar-refractivity contribution in [3.05, 3.63) is 35.5 Å². The Morgan fingerprint density at radius 2 is 1.35 bits per heavy atom. The van der Waals surface area contributed by atoms with Crippen LogP contribution in [0.1, 0.15) is 127 Å². The van der Waals surface area contributed by atoms with E-state index >= 15 is 0 Å². The average Bonchev–Trinajstić information content (AvgIpc) is 2.87. The van der Waals surface area contributed by atoms with Crippen LogP contribution in [0.2, 0.25) is 0 Å². The standard InChI is InChI=1S/C36H56F3N2O7P/c1-31(2,3)23-14-16-24(17-15-23)44-27-20-19-26-25(29(27)36(37,38)39)18-21-28(41-26)35(13,22-40-30(42)45-32(4,5)6)48-49(43,46-33(7,8)9)47-34(10,11)12/h18-21,23-24H,14-17,22H2,1-13H3,(H,40,42). The van der Waals surface area contributed by atoms with Gasteiger partial charge in [0.25, 0.3) is 0 Å². The lowest BCUT2D eigenvalue weighted by atomic mass is 9.72. The van der Waals surface area contributed by atoms with Crippen molar-refractivity contribution >= 4 is 24.8 Å². The molecule has 1 heterocycles. The molecule has 49 heavy (non-hydrogen) atoms. The Balaban J connectivity index is 2.08. The first-order chi connectivity index (χ1) is 22.0. The number of amides is 1. The zero-order valence-electron chi connectivity index (χ0n) is 31.4. The first-order valence-corrected chi connectivity index (χ1v) is 18.3. The van der Waals surface area contributed by atoms with E-state index in [4.69, 9.17) is 23.0 Å². The number of nitrogens with one attached hydrogen (secondary N) is 1. The van der Waals surface area contributed by atoms with Crippen molar-refractivity contribution in [1.82, 2.24) is 10.3 Å². The Labute approximate surface area is 290 Å².